The van der Waals surface area contributed by atoms with Crippen molar-refractivity contribution in [2.45, 2.75) is 12.8 Å². The summed E-state index contributed by atoms with van der Waals surface area (Å²) in [6.07, 6.45) is 2.51. The second kappa shape index (κ2) is 7.16. The number of hydrogen-bond donors (Lipinski definition) is 1. The van der Waals surface area contributed by atoms with Crippen LogP contribution in [0.3, 0.4) is 0 Å². The Balaban J connectivity index is 1.88. The summed E-state index contributed by atoms with van der Waals surface area (Å²) in [5, 5.41) is 13.6. The van der Waals surface area contributed by atoms with Crippen molar-refractivity contribution in [3.63, 3.8) is 0 Å². The molecule has 0 saturated carbocycles. The lowest BCUT2D eigenvalue weighted by Crippen LogP contribution is -2.34. The number of fused-ring (bicyclic) bond motifs is 1. The lowest BCUT2D eigenvalue weighted by Gasteiger charge is -2.29. The Bertz CT molecular complexity index is 1040. The molecule has 1 amide bonds. The number of hydrogen-bond acceptors (Lipinski definition) is 5. The Morgan fingerprint density at radius 2 is 2.00 bits per heavy atom. The van der Waals surface area contributed by atoms with E-state index in [0.29, 0.717) is 30.8 Å². The highest BCUT2D eigenvalue weighted by molar-refractivity contribution is 7.92. The van der Waals surface area contributed by atoms with E-state index >= 15 is 0 Å². The highest BCUT2D eigenvalue weighted by Crippen LogP contribution is 2.32. The van der Waals surface area contributed by atoms with Gasteiger partial charge in [-0.05, 0) is 42.7 Å². The number of nitro benzene ring substituents is 1. The summed E-state index contributed by atoms with van der Waals surface area (Å²) in [4.78, 5) is 22.8. The van der Waals surface area contributed by atoms with Gasteiger partial charge in [0.05, 0.1) is 27.5 Å². The summed E-state index contributed by atoms with van der Waals surface area (Å²) >= 11 is 5.99. The SMILES string of the molecule is CS(=O)(=O)N1CCCc2cc(NC(=O)c3cc([N+](=O)[O-])ccc3Cl)ccc21. The van der Waals surface area contributed by atoms with Gasteiger partial charge in [-0.25, -0.2) is 8.42 Å². The van der Waals surface area contributed by atoms with Crippen molar-refractivity contribution in [2.24, 2.45) is 0 Å². The van der Waals surface area contributed by atoms with E-state index in [2.05, 4.69) is 5.32 Å². The minimum atomic E-state index is -3.37. The Labute approximate surface area is 160 Å². The van der Waals surface area contributed by atoms with Crippen LogP contribution >= 0.6 is 11.6 Å². The Hall–Kier alpha value is -2.65. The van der Waals surface area contributed by atoms with Crippen LogP contribution in [-0.4, -0.2) is 32.0 Å². The first-order valence-electron chi connectivity index (χ1n) is 8.03. The van der Waals surface area contributed by atoms with Gasteiger partial charge in [0.1, 0.15) is 0 Å². The first kappa shape index (κ1) is 19.1. The topological polar surface area (TPSA) is 110 Å². The van der Waals surface area contributed by atoms with Crippen LogP contribution in [0, 0.1) is 10.1 Å². The number of carbonyl (C=O) groups is 1. The summed E-state index contributed by atoms with van der Waals surface area (Å²) in [5.41, 5.74) is 1.60. The Kier molecular flexibility index (Phi) is 5.07. The molecule has 0 saturated heterocycles. The van der Waals surface area contributed by atoms with E-state index in [1.165, 1.54) is 16.4 Å². The van der Waals surface area contributed by atoms with Gasteiger partial charge in [-0.2, -0.15) is 0 Å². The maximum atomic E-state index is 12.5. The largest absolute Gasteiger partial charge is 0.322 e. The van der Waals surface area contributed by atoms with Crippen LogP contribution in [0.4, 0.5) is 17.1 Å². The molecule has 142 valence electrons. The molecule has 0 aliphatic carbocycles. The number of nitrogens with one attached hydrogen (secondary N) is 1. The van der Waals surface area contributed by atoms with Crippen molar-refractivity contribution >= 4 is 44.6 Å². The summed E-state index contributed by atoms with van der Waals surface area (Å²) in [6.45, 7) is 0.417. The number of nitrogens with zero attached hydrogens (tertiary/aromatic N) is 2. The van der Waals surface area contributed by atoms with E-state index in [0.717, 1.165) is 17.9 Å². The van der Waals surface area contributed by atoms with Crippen molar-refractivity contribution in [3.8, 4) is 0 Å². The van der Waals surface area contributed by atoms with Crippen LogP contribution < -0.4 is 9.62 Å². The summed E-state index contributed by atoms with van der Waals surface area (Å²) in [6, 6.07) is 8.56. The summed E-state index contributed by atoms with van der Waals surface area (Å²) in [7, 11) is -3.37. The minimum absolute atomic E-state index is 0.0126. The Morgan fingerprint density at radius 3 is 2.67 bits per heavy atom. The molecule has 2 aromatic rings. The third kappa shape index (κ3) is 4.04. The number of halogens is 1. The average Bonchev–Trinajstić information content (AvgIpc) is 2.60. The lowest BCUT2D eigenvalue weighted by molar-refractivity contribution is -0.384. The van der Waals surface area contributed by atoms with E-state index in [4.69, 9.17) is 11.6 Å². The molecule has 0 bridgehead atoms. The molecule has 1 aliphatic rings. The number of anilines is 2. The van der Waals surface area contributed by atoms with Gasteiger partial charge in [0.15, 0.2) is 0 Å². The molecule has 10 heteroatoms. The van der Waals surface area contributed by atoms with Crippen molar-refractivity contribution < 1.29 is 18.1 Å². The number of sulfonamides is 1. The molecule has 3 rings (SSSR count). The third-order valence-electron chi connectivity index (χ3n) is 4.22. The molecule has 8 nitrogen and oxygen atoms in total. The quantitative estimate of drug-likeness (QED) is 0.615. The van der Waals surface area contributed by atoms with Gasteiger partial charge >= 0.3 is 0 Å². The van der Waals surface area contributed by atoms with E-state index in [-0.39, 0.29) is 16.3 Å². The second-order valence-electron chi connectivity index (χ2n) is 6.16. The van der Waals surface area contributed by atoms with Crippen LogP contribution in [0.5, 0.6) is 0 Å². The normalized spacial score (nSPS) is 13.8. The van der Waals surface area contributed by atoms with E-state index < -0.39 is 20.9 Å². The van der Waals surface area contributed by atoms with Crippen LogP contribution in [0.15, 0.2) is 36.4 Å². The Morgan fingerprint density at radius 1 is 1.26 bits per heavy atom. The minimum Gasteiger partial charge on any atom is -0.322 e. The predicted molar refractivity (Wildman–Crippen MR) is 103 cm³/mol. The van der Waals surface area contributed by atoms with Crippen LogP contribution in [0.1, 0.15) is 22.3 Å². The van der Waals surface area contributed by atoms with Crippen LogP contribution in [-0.2, 0) is 16.4 Å². The molecule has 0 fully saturated rings. The van der Waals surface area contributed by atoms with E-state index in [1.807, 2.05) is 0 Å². The first-order chi connectivity index (χ1) is 12.7. The second-order valence-corrected chi connectivity index (χ2v) is 8.47. The van der Waals surface area contributed by atoms with Crippen LogP contribution in [0.2, 0.25) is 5.02 Å². The van der Waals surface area contributed by atoms with Crippen molar-refractivity contribution in [1.29, 1.82) is 0 Å². The molecule has 1 N–H and O–H groups in total. The van der Waals surface area contributed by atoms with Gasteiger partial charge in [-0.15, -0.1) is 0 Å². The molecular formula is C17H16ClN3O5S. The molecular weight excluding hydrogens is 394 g/mol. The van der Waals surface area contributed by atoms with Gasteiger partial charge in [0.2, 0.25) is 10.0 Å². The number of carbonyl (C=O) groups excluding carboxylic acids is 1. The van der Waals surface area contributed by atoms with Gasteiger partial charge in [0.25, 0.3) is 11.6 Å². The van der Waals surface area contributed by atoms with Gasteiger partial charge < -0.3 is 5.32 Å². The molecule has 0 spiro atoms. The van der Waals surface area contributed by atoms with E-state index in [9.17, 15) is 23.3 Å². The highest BCUT2D eigenvalue weighted by atomic mass is 35.5. The summed E-state index contributed by atoms with van der Waals surface area (Å²) < 4.78 is 25.2. The molecule has 0 radical (unpaired) electrons. The average molecular weight is 410 g/mol. The fourth-order valence-corrected chi connectivity index (χ4v) is 4.18. The lowest BCUT2D eigenvalue weighted by atomic mass is 10.0. The maximum Gasteiger partial charge on any atom is 0.270 e. The molecule has 0 atom stereocenters. The van der Waals surface area contributed by atoms with Gasteiger partial charge in [0, 0.05) is 24.4 Å². The number of aryl methyl sites for hydroxylation is 1. The fraction of sp³-hybridized carbons (Fsp3) is 0.235. The van der Waals surface area contributed by atoms with Gasteiger partial charge in [-0.1, -0.05) is 11.6 Å². The molecule has 0 unspecified atom stereocenters. The zero-order valence-electron chi connectivity index (χ0n) is 14.3. The number of amides is 1. The number of non-ortho nitro benzene ring substituents is 1. The first-order valence-corrected chi connectivity index (χ1v) is 10.3. The monoisotopic (exact) mass is 409 g/mol. The van der Waals surface area contributed by atoms with E-state index in [1.54, 1.807) is 18.2 Å². The van der Waals surface area contributed by atoms with Crippen molar-refractivity contribution in [1.82, 2.24) is 0 Å². The molecule has 27 heavy (non-hydrogen) atoms. The zero-order valence-corrected chi connectivity index (χ0v) is 15.9. The molecule has 0 aromatic heterocycles. The third-order valence-corrected chi connectivity index (χ3v) is 5.73. The van der Waals surface area contributed by atoms with Crippen LogP contribution in [0.25, 0.3) is 0 Å². The number of rotatable bonds is 4. The smallest absolute Gasteiger partial charge is 0.270 e. The maximum absolute atomic E-state index is 12.5. The van der Waals surface area contributed by atoms with Crippen molar-refractivity contribution in [3.05, 3.63) is 62.7 Å². The molecule has 1 aliphatic heterocycles. The molecule has 2 aromatic carbocycles. The zero-order chi connectivity index (χ0) is 19.8. The van der Waals surface area contributed by atoms with Gasteiger partial charge in [-0.3, -0.25) is 19.2 Å². The summed E-state index contributed by atoms with van der Waals surface area (Å²) in [5.74, 6) is -0.584. The number of benzene rings is 2. The van der Waals surface area contributed by atoms with Crippen molar-refractivity contribution in [2.75, 3.05) is 22.4 Å². The highest BCUT2D eigenvalue weighted by Gasteiger charge is 2.24. The molecule has 1 heterocycles. The number of nitro groups is 1. The standard InChI is InChI=1S/C17H16ClN3O5S/c1-27(25,26)20-8-2-3-11-9-12(4-7-16(11)20)19-17(22)14-10-13(21(23)24)5-6-15(14)18/h4-7,9-10H,2-3,8H2,1H3,(H,19,22). The fourth-order valence-electron chi connectivity index (χ4n) is 2.98. The predicted octanol–water partition coefficient (Wildman–Crippen LogP) is 3.21.